The Hall–Kier alpha value is -1.88. The van der Waals surface area contributed by atoms with Crippen LogP contribution in [0.4, 0.5) is 5.69 Å². The van der Waals surface area contributed by atoms with Gasteiger partial charge >= 0.3 is 0 Å². The van der Waals surface area contributed by atoms with E-state index in [2.05, 4.69) is 10.6 Å². The van der Waals surface area contributed by atoms with Crippen LogP contribution < -0.4 is 10.6 Å². The average molecular weight is 304 g/mol. The van der Waals surface area contributed by atoms with Crippen molar-refractivity contribution in [3.63, 3.8) is 0 Å². The Morgan fingerprint density at radius 2 is 1.86 bits per heavy atom. The second-order valence-electron chi connectivity index (χ2n) is 6.15. The summed E-state index contributed by atoms with van der Waals surface area (Å²) in [4.78, 5) is 23.6. The quantitative estimate of drug-likeness (QED) is 0.717. The van der Waals surface area contributed by atoms with Crippen molar-refractivity contribution in [1.29, 1.82) is 0 Å². The van der Waals surface area contributed by atoms with Crippen molar-refractivity contribution in [2.75, 3.05) is 11.9 Å². The number of benzene rings is 1. The summed E-state index contributed by atoms with van der Waals surface area (Å²) in [7, 11) is 0. The van der Waals surface area contributed by atoms with Crippen molar-refractivity contribution >= 4 is 17.5 Å². The van der Waals surface area contributed by atoms with Crippen LogP contribution in [0.2, 0.25) is 0 Å². The van der Waals surface area contributed by atoms with Gasteiger partial charge in [0.25, 0.3) is 0 Å². The van der Waals surface area contributed by atoms with Gasteiger partial charge in [0.2, 0.25) is 11.8 Å². The highest BCUT2D eigenvalue weighted by molar-refractivity contribution is 5.94. The molecule has 1 aliphatic carbocycles. The van der Waals surface area contributed by atoms with Crippen molar-refractivity contribution in [3.8, 4) is 0 Å². The Labute approximate surface area is 131 Å². The van der Waals surface area contributed by atoms with Crippen LogP contribution in [0.25, 0.3) is 0 Å². The molecule has 2 atom stereocenters. The molecule has 0 aliphatic heterocycles. The lowest BCUT2D eigenvalue weighted by Crippen LogP contribution is -2.39. The molecule has 0 aromatic heterocycles. The van der Waals surface area contributed by atoms with E-state index >= 15 is 0 Å². The minimum atomic E-state index is -0.0671. The molecule has 3 N–H and O–H groups in total. The lowest BCUT2D eigenvalue weighted by molar-refractivity contribution is -0.121. The summed E-state index contributed by atoms with van der Waals surface area (Å²) < 4.78 is 0. The molecule has 0 bridgehead atoms. The summed E-state index contributed by atoms with van der Waals surface area (Å²) in [5.41, 5.74) is 1.66. The molecule has 0 spiro atoms. The van der Waals surface area contributed by atoms with E-state index in [9.17, 15) is 9.59 Å². The molecule has 0 saturated heterocycles. The van der Waals surface area contributed by atoms with Gasteiger partial charge in [0.1, 0.15) is 0 Å². The van der Waals surface area contributed by atoms with Gasteiger partial charge in [0.05, 0.1) is 6.42 Å². The maximum Gasteiger partial charge on any atom is 0.227 e. The molecule has 1 saturated carbocycles. The first-order chi connectivity index (χ1) is 10.5. The second-order valence-corrected chi connectivity index (χ2v) is 6.15. The molecular weight excluding hydrogens is 280 g/mol. The van der Waals surface area contributed by atoms with Gasteiger partial charge in [-0.15, -0.1) is 0 Å². The molecule has 1 fully saturated rings. The molecule has 22 heavy (non-hydrogen) atoms. The van der Waals surface area contributed by atoms with Gasteiger partial charge in [-0.1, -0.05) is 19.1 Å². The second kappa shape index (κ2) is 7.40. The largest absolute Gasteiger partial charge is 0.396 e. The van der Waals surface area contributed by atoms with E-state index < -0.39 is 0 Å². The third kappa shape index (κ3) is 4.84. The fraction of sp³-hybridized carbons (Fsp3) is 0.529. The zero-order valence-corrected chi connectivity index (χ0v) is 13.1. The van der Waals surface area contributed by atoms with Crippen molar-refractivity contribution in [1.82, 2.24) is 5.32 Å². The third-order valence-corrected chi connectivity index (χ3v) is 4.06. The standard InChI is InChI=1S/C17H24N2O3/c1-11(10-20)12(2)18-16(21)9-13-3-7-15(8-4-13)19-17(22)14-5-6-14/h3-4,7-8,11-12,14,20H,5-6,9-10H2,1-2H3,(H,18,21)(H,19,22). The van der Waals surface area contributed by atoms with E-state index in [1.807, 2.05) is 38.1 Å². The summed E-state index contributed by atoms with van der Waals surface area (Å²) in [5, 5.41) is 14.8. The van der Waals surface area contributed by atoms with E-state index in [1.165, 1.54) is 0 Å². The van der Waals surface area contributed by atoms with E-state index in [4.69, 9.17) is 5.11 Å². The van der Waals surface area contributed by atoms with E-state index in [0.717, 1.165) is 24.1 Å². The molecule has 2 amide bonds. The van der Waals surface area contributed by atoms with Gasteiger partial charge in [-0.05, 0) is 43.4 Å². The number of hydrogen-bond acceptors (Lipinski definition) is 3. The Balaban J connectivity index is 1.82. The topological polar surface area (TPSA) is 78.4 Å². The van der Waals surface area contributed by atoms with Crippen LogP contribution in [0.5, 0.6) is 0 Å². The third-order valence-electron chi connectivity index (χ3n) is 4.06. The predicted molar refractivity (Wildman–Crippen MR) is 85.4 cm³/mol. The number of anilines is 1. The number of carbonyl (C=O) groups is 2. The molecule has 1 aromatic carbocycles. The monoisotopic (exact) mass is 304 g/mol. The fourth-order valence-electron chi connectivity index (χ4n) is 2.09. The number of rotatable bonds is 7. The van der Waals surface area contributed by atoms with Crippen LogP contribution in [0.15, 0.2) is 24.3 Å². The summed E-state index contributed by atoms with van der Waals surface area (Å²) >= 11 is 0. The number of carbonyl (C=O) groups excluding carboxylic acids is 2. The van der Waals surface area contributed by atoms with Crippen molar-refractivity contribution in [3.05, 3.63) is 29.8 Å². The van der Waals surface area contributed by atoms with Gasteiger partial charge in [0.15, 0.2) is 0 Å². The van der Waals surface area contributed by atoms with Crippen molar-refractivity contribution < 1.29 is 14.7 Å². The highest BCUT2D eigenvalue weighted by Gasteiger charge is 2.29. The van der Waals surface area contributed by atoms with E-state index in [0.29, 0.717) is 6.42 Å². The smallest absolute Gasteiger partial charge is 0.227 e. The molecule has 120 valence electrons. The van der Waals surface area contributed by atoms with E-state index in [1.54, 1.807) is 0 Å². The number of nitrogens with one attached hydrogen (secondary N) is 2. The molecule has 5 nitrogen and oxygen atoms in total. The van der Waals surface area contributed by atoms with Gasteiger partial charge in [-0.3, -0.25) is 9.59 Å². The molecule has 1 aliphatic rings. The summed E-state index contributed by atoms with van der Waals surface area (Å²) in [6.07, 6.45) is 2.25. The summed E-state index contributed by atoms with van der Waals surface area (Å²) in [5.74, 6) is 0.226. The SMILES string of the molecule is CC(CO)C(C)NC(=O)Cc1ccc(NC(=O)C2CC2)cc1. The number of aliphatic hydroxyl groups is 1. The lowest BCUT2D eigenvalue weighted by atomic mass is 10.0. The van der Waals surface area contributed by atoms with Gasteiger partial charge < -0.3 is 15.7 Å². The molecule has 1 aromatic rings. The lowest BCUT2D eigenvalue weighted by Gasteiger charge is -2.19. The van der Waals surface area contributed by atoms with E-state index in [-0.39, 0.29) is 36.3 Å². The first kappa shape index (κ1) is 16.5. The zero-order chi connectivity index (χ0) is 16.1. The fourth-order valence-corrected chi connectivity index (χ4v) is 2.09. The Bertz CT molecular complexity index is 523. The summed E-state index contributed by atoms with van der Waals surface area (Å²) in [6.45, 7) is 3.83. The Morgan fingerprint density at radius 1 is 1.23 bits per heavy atom. The molecule has 0 heterocycles. The zero-order valence-electron chi connectivity index (χ0n) is 13.1. The molecule has 2 unspecified atom stereocenters. The Morgan fingerprint density at radius 3 is 2.41 bits per heavy atom. The Kier molecular flexibility index (Phi) is 5.55. The van der Waals surface area contributed by atoms with Crippen LogP contribution in [-0.2, 0) is 16.0 Å². The normalized spacial score (nSPS) is 16.7. The molecular formula is C17H24N2O3. The van der Waals surface area contributed by atoms with Gasteiger partial charge in [-0.2, -0.15) is 0 Å². The minimum Gasteiger partial charge on any atom is -0.396 e. The first-order valence-corrected chi connectivity index (χ1v) is 7.79. The van der Waals surface area contributed by atoms with Crippen LogP contribution in [-0.4, -0.2) is 29.6 Å². The number of amides is 2. The van der Waals surface area contributed by atoms with Crippen LogP contribution in [0, 0.1) is 11.8 Å². The minimum absolute atomic E-state index is 0.0314. The number of hydrogen-bond donors (Lipinski definition) is 3. The van der Waals surface area contributed by atoms with Crippen LogP contribution in [0.3, 0.4) is 0 Å². The van der Waals surface area contributed by atoms with Crippen LogP contribution >= 0.6 is 0 Å². The maximum absolute atomic E-state index is 11.9. The first-order valence-electron chi connectivity index (χ1n) is 7.79. The maximum atomic E-state index is 11.9. The molecule has 5 heteroatoms. The summed E-state index contributed by atoms with van der Waals surface area (Å²) in [6, 6.07) is 7.28. The highest BCUT2D eigenvalue weighted by Crippen LogP contribution is 2.30. The molecule has 0 radical (unpaired) electrons. The van der Waals surface area contributed by atoms with Crippen molar-refractivity contribution in [2.45, 2.75) is 39.2 Å². The van der Waals surface area contributed by atoms with Gasteiger partial charge in [-0.25, -0.2) is 0 Å². The molecule has 2 rings (SSSR count). The number of aliphatic hydroxyl groups excluding tert-OH is 1. The van der Waals surface area contributed by atoms with Crippen LogP contribution in [0.1, 0.15) is 32.3 Å². The van der Waals surface area contributed by atoms with Crippen molar-refractivity contribution in [2.24, 2.45) is 11.8 Å². The average Bonchev–Trinajstić information content (AvgIpc) is 3.33. The highest BCUT2D eigenvalue weighted by atomic mass is 16.3. The predicted octanol–water partition coefficient (Wildman–Crippen LogP) is 1.71. The van der Waals surface area contributed by atoms with Gasteiger partial charge in [0, 0.05) is 24.3 Å².